The summed E-state index contributed by atoms with van der Waals surface area (Å²) in [6.07, 6.45) is 1.64. The zero-order valence-electron chi connectivity index (χ0n) is 19.5. The highest BCUT2D eigenvalue weighted by Gasteiger charge is 2.32. The van der Waals surface area contributed by atoms with Crippen LogP contribution in [0.25, 0.3) is 11.3 Å². The highest BCUT2D eigenvalue weighted by molar-refractivity contribution is 6.00. The second kappa shape index (κ2) is 9.11. The first kappa shape index (κ1) is 22.0. The molecule has 1 aliphatic heterocycles. The van der Waals surface area contributed by atoms with Crippen LogP contribution in [-0.4, -0.2) is 31.4 Å². The fourth-order valence-electron chi connectivity index (χ4n) is 4.81. The van der Waals surface area contributed by atoms with Crippen LogP contribution >= 0.6 is 0 Å². The summed E-state index contributed by atoms with van der Waals surface area (Å²) in [5, 5.41) is 0. The molecule has 1 atom stereocenters. The van der Waals surface area contributed by atoms with Crippen molar-refractivity contribution in [1.82, 2.24) is 4.57 Å². The van der Waals surface area contributed by atoms with E-state index in [9.17, 15) is 4.79 Å². The molecule has 0 fully saturated rings. The van der Waals surface area contributed by atoms with Crippen molar-refractivity contribution in [2.45, 2.75) is 46.1 Å². The maximum absolute atomic E-state index is 13.3. The number of benzene rings is 2. The van der Waals surface area contributed by atoms with Crippen LogP contribution in [0, 0.1) is 6.92 Å². The summed E-state index contributed by atoms with van der Waals surface area (Å²) in [4.78, 5) is 13.3. The van der Waals surface area contributed by atoms with E-state index < -0.39 is 0 Å². The lowest BCUT2D eigenvalue weighted by atomic mass is 9.90. The second-order valence-electron chi connectivity index (χ2n) is 8.29. The number of nitrogens with zero attached hydrogens (tertiary/aromatic N) is 1. The van der Waals surface area contributed by atoms with Crippen LogP contribution in [0.2, 0.25) is 0 Å². The van der Waals surface area contributed by atoms with Crippen LogP contribution in [0.1, 0.15) is 52.5 Å². The third-order valence-corrected chi connectivity index (χ3v) is 6.48. The van der Waals surface area contributed by atoms with E-state index in [2.05, 4.69) is 42.7 Å². The third-order valence-electron chi connectivity index (χ3n) is 6.48. The molecule has 0 saturated heterocycles. The van der Waals surface area contributed by atoms with Gasteiger partial charge in [0.1, 0.15) is 0 Å². The molecule has 32 heavy (non-hydrogen) atoms. The first-order valence-electron chi connectivity index (χ1n) is 11.2. The molecular weight excluding hydrogens is 402 g/mol. The third kappa shape index (κ3) is 3.77. The minimum absolute atomic E-state index is 0.262. The summed E-state index contributed by atoms with van der Waals surface area (Å²) in [6, 6.07) is 14.5. The predicted molar refractivity (Wildman–Crippen MR) is 126 cm³/mol. The van der Waals surface area contributed by atoms with Crippen LogP contribution in [0.3, 0.4) is 0 Å². The fourth-order valence-corrected chi connectivity index (χ4v) is 4.81. The normalized spacial score (nSPS) is 13.2. The summed E-state index contributed by atoms with van der Waals surface area (Å²) in [6.45, 7) is 7.33. The summed E-state index contributed by atoms with van der Waals surface area (Å²) in [7, 11) is 3.28. The van der Waals surface area contributed by atoms with Crippen molar-refractivity contribution in [2.75, 3.05) is 20.8 Å². The Hall–Kier alpha value is -3.21. The SMILES string of the molecule is CCOC(=O)c1c(CC(C)c2ccccc2)c(C)n2c1-c1cc(OC)c(OC)cc1CC2. The number of esters is 1. The van der Waals surface area contributed by atoms with Crippen molar-refractivity contribution in [3.05, 3.63) is 70.4 Å². The number of carbonyl (C=O) groups is 1. The lowest BCUT2D eigenvalue weighted by Crippen LogP contribution is -2.15. The lowest BCUT2D eigenvalue weighted by Gasteiger charge is -2.23. The minimum Gasteiger partial charge on any atom is -0.493 e. The van der Waals surface area contributed by atoms with Gasteiger partial charge in [-0.2, -0.15) is 0 Å². The summed E-state index contributed by atoms with van der Waals surface area (Å²) >= 11 is 0. The van der Waals surface area contributed by atoms with E-state index in [1.54, 1.807) is 14.2 Å². The number of aromatic nitrogens is 1. The summed E-state index contributed by atoms with van der Waals surface area (Å²) < 4.78 is 18.9. The van der Waals surface area contributed by atoms with E-state index in [0.717, 1.165) is 47.5 Å². The van der Waals surface area contributed by atoms with Crippen molar-refractivity contribution in [2.24, 2.45) is 0 Å². The molecule has 0 N–H and O–H groups in total. The fraction of sp³-hybridized carbons (Fsp3) is 0.370. The molecule has 1 aliphatic rings. The van der Waals surface area contributed by atoms with Gasteiger partial charge in [-0.15, -0.1) is 0 Å². The number of rotatable bonds is 7. The highest BCUT2D eigenvalue weighted by atomic mass is 16.5. The zero-order valence-corrected chi connectivity index (χ0v) is 19.5. The Morgan fingerprint density at radius 3 is 2.44 bits per heavy atom. The smallest absolute Gasteiger partial charge is 0.340 e. The van der Waals surface area contributed by atoms with Gasteiger partial charge in [0.15, 0.2) is 11.5 Å². The van der Waals surface area contributed by atoms with Crippen molar-refractivity contribution in [3.63, 3.8) is 0 Å². The monoisotopic (exact) mass is 433 g/mol. The van der Waals surface area contributed by atoms with E-state index in [4.69, 9.17) is 14.2 Å². The molecule has 2 heterocycles. The van der Waals surface area contributed by atoms with Gasteiger partial charge in [-0.1, -0.05) is 37.3 Å². The van der Waals surface area contributed by atoms with E-state index in [-0.39, 0.29) is 11.9 Å². The van der Waals surface area contributed by atoms with Crippen LogP contribution < -0.4 is 9.47 Å². The molecule has 5 nitrogen and oxygen atoms in total. The van der Waals surface area contributed by atoms with Gasteiger partial charge < -0.3 is 18.8 Å². The van der Waals surface area contributed by atoms with Gasteiger partial charge in [-0.25, -0.2) is 4.79 Å². The Morgan fingerprint density at radius 2 is 1.78 bits per heavy atom. The molecule has 3 aromatic rings. The van der Waals surface area contributed by atoms with Crippen molar-refractivity contribution in [3.8, 4) is 22.8 Å². The summed E-state index contributed by atoms with van der Waals surface area (Å²) in [5.41, 5.74) is 7.24. The average molecular weight is 434 g/mol. The minimum atomic E-state index is -0.262. The number of methoxy groups -OCH3 is 2. The number of ether oxygens (including phenoxy) is 3. The molecule has 2 aromatic carbocycles. The number of fused-ring (bicyclic) bond motifs is 3. The molecule has 1 aromatic heterocycles. The molecule has 0 bridgehead atoms. The Balaban J connectivity index is 1.89. The molecular formula is C27H31NO4. The van der Waals surface area contributed by atoms with E-state index >= 15 is 0 Å². The molecule has 1 unspecified atom stereocenters. The largest absolute Gasteiger partial charge is 0.493 e. The number of carbonyl (C=O) groups excluding carboxylic acids is 1. The topological polar surface area (TPSA) is 49.7 Å². The Morgan fingerprint density at radius 1 is 1.09 bits per heavy atom. The summed E-state index contributed by atoms with van der Waals surface area (Å²) in [5.74, 6) is 1.38. The van der Waals surface area contributed by atoms with Gasteiger partial charge in [0.2, 0.25) is 0 Å². The van der Waals surface area contributed by atoms with Crippen LogP contribution in [-0.2, 0) is 24.1 Å². The van der Waals surface area contributed by atoms with Gasteiger partial charge in [0.05, 0.1) is 32.1 Å². The van der Waals surface area contributed by atoms with Gasteiger partial charge in [0, 0.05) is 17.8 Å². The maximum Gasteiger partial charge on any atom is 0.340 e. The molecule has 4 rings (SSSR count). The zero-order chi connectivity index (χ0) is 22.8. The Labute approximate surface area is 189 Å². The number of hydrogen-bond acceptors (Lipinski definition) is 4. The molecule has 0 spiro atoms. The maximum atomic E-state index is 13.3. The molecule has 0 aliphatic carbocycles. The van der Waals surface area contributed by atoms with Crippen molar-refractivity contribution in [1.29, 1.82) is 0 Å². The van der Waals surface area contributed by atoms with E-state index in [1.165, 1.54) is 5.56 Å². The van der Waals surface area contributed by atoms with Crippen LogP contribution in [0.15, 0.2) is 42.5 Å². The first-order valence-corrected chi connectivity index (χ1v) is 11.2. The van der Waals surface area contributed by atoms with Gasteiger partial charge in [-0.05, 0) is 61.4 Å². The van der Waals surface area contributed by atoms with Crippen LogP contribution in [0.4, 0.5) is 0 Å². The molecule has 168 valence electrons. The standard InChI is InChI=1S/C27H31NO4/c1-6-32-27(29)25-21(14-17(2)19-10-8-7-9-11-19)18(3)28-13-12-20-15-23(30-4)24(31-5)16-22(20)26(25)28/h7-11,15-17H,6,12-14H2,1-5H3. The van der Waals surface area contributed by atoms with E-state index in [0.29, 0.717) is 23.7 Å². The van der Waals surface area contributed by atoms with E-state index in [1.807, 2.05) is 25.1 Å². The second-order valence-corrected chi connectivity index (χ2v) is 8.29. The predicted octanol–water partition coefficient (Wildman–Crippen LogP) is 5.56. The first-order chi connectivity index (χ1) is 15.5. The van der Waals surface area contributed by atoms with Crippen LogP contribution in [0.5, 0.6) is 11.5 Å². The van der Waals surface area contributed by atoms with Crippen molar-refractivity contribution < 1.29 is 19.0 Å². The number of hydrogen-bond donors (Lipinski definition) is 0. The van der Waals surface area contributed by atoms with Gasteiger partial charge in [-0.3, -0.25) is 0 Å². The Bertz CT molecular complexity index is 1130. The quantitative estimate of drug-likeness (QED) is 0.458. The molecule has 0 amide bonds. The van der Waals surface area contributed by atoms with Gasteiger partial charge in [0.25, 0.3) is 0 Å². The Kier molecular flexibility index (Phi) is 6.26. The number of aryl methyl sites for hydroxylation is 1. The lowest BCUT2D eigenvalue weighted by molar-refractivity contribution is 0.0526. The van der Waals surface area contributed by atoms with Crippen molar-refractivity contribution >= 4 is 5.97 Å². The highest BCUT2D eigenvalue weighted by Crippen LogP contribution is 2.43. The molecule has 0 radical (unpaired) electrons. The van der Waals surface area contributed by atoms with Gasteiger partial charge >= 0.3 is 5.97 Å². The molecule has 5 heteroatoms. The average Bonchev–Trinajstić information content (AvgIpc) is 3.10. The molecule has 0 saturated carbocycles.